The highest BCUT2D eigenvalue weighted by molar-refractivity contribution is 6.30. The van der Waals surface area contributed by atoms with Crippen molar-refractivity contribution in [1.29, 1.82) is 0 Å². The van der Waals surface area contributed by atoms with Crippen LogP contribution in [-0.2, 0) is 4.74 Å². The topological polar surface area (TPSA) is 41.6 Å². The molecule has 0 spiro atoms. The number of carbonyl (C=O) groups excluding carboxylic acids is 1. The number of nitrogens with zero attached hydrogens (tertiary/aromatic N) is 1. The molecule has 0 bridgehead atoms. The van der Waals surface area contributed by atoms with E-state index in [0.717, 1.165) is 18.5 Å². The summed E-state index contributed by atoms with van der Waals surface area (Å²) in [4.78, 5) is 14.4. The second-order valence-electron chi connectivity index (χ2n) is 5.21. The summed E-state index contributed by atoms with van der Waals surface area (Å²) in [5.41, 5.74) is 0.205. The molecule has 1 fully saturated rings. The van der Waals surface area contributed by atoms with Gasteiger partial charge < -0.3 is 10.1 Å². The van der Waals surface area contributed by atoms with Gasteiger partial charge in [0.25, 0.3) is 0 Å². The molecule has 1 N–H and O–H groups in total. The fourth-order valence-corrected chi connectivity index (χ4v) is 2.60. The molecule has 0 radical (unpaired) electrons. The van der Waals surface area contributed by atoms with Gasteiger partial charge in [0.05, 0.1) is 12.6 Å². The number of anilines is 1. The van der Waals surface area contributed by atoms with Gasteiger partial charge in [-0.05, 0) is 44.0 Å². The third kappa shape index (κ3) is 2.91. The lowest BCUT2D eigenvalue weighted by Gasteiger charge is -2.35. The van der Waals surface area contributed by atoms with Crippen molar-refractivity contribution >= 4 is 23.3 Å². The van der Waals surface area contributed by atoms with Crippen LogP contribution in [0.1, 0.15) is 33.6 Å². The van der Waals surface area contributed by atoms with Gasteiger partial charge in [0.1, 0.15) is 5.72 Å². The van der Waals surface area contributed by atoms with Crippen LogP contribution in [0.25, 0.3) is 0 Å². The number of benzene rings is 1. The van der Waals surface area contributed by atoms with Crippen LogP contribution in [-0.4, -0.2) is 29.3 Å². The van der Waals surface area contributed by atoms with Gasteiger partial charge in [0.15, 0.2) is 0 Å². The molecule has 1 saturated heterocycles. The van der Waals surface area contributed by atoms with Crippen LogP contribution >= 0.6 is 11.6 Å². The monoisotopic (exact) mass is 296 g/mol. The van der Waals surface area contributed by atoms with Crippen molar-refractivity contribution in [2.45, 2.75) is 45.4 Å². The molecule has 110 valence electrons. The number of hydrogen-bond acceptors (Lipinski definition) is 2. The fourth-order valence-electron chi connectivity index (χ4n) is 2.48. The van der Waals surface area contributed by atoms with Crippen LogP contribution in [0, 0.1) is 0 Å². The summed E-state index contributed by atoms with van der Waals surface area (Å²) in [7, 11) is 0. The molecule has 1 aliphatic heterocycles. The van der Waals surface area contributed by atoms with E-state index in [1.807, 2.05) is 18.7 Å². The highest BCUT2D eigenvalue weighted by Gasteiger charge is 2.45. The Labute approximate surface area is 125 Å². The number of amides is 2. The molecule has 5 heteroatoms. The quantitative estimate of drug-likeness (QED) is 0.912. The zero-order valence-electron chi connectivity index (χ0n) is 12.1. The highest BCUT2D eigenvalue weighted by Crippen LogP contribution is 2.32. The molecule has 0 aliphatic carbocycles. The van der Waals surface area contributed by atoms with Crippen LogP contribution in [0.2, 0.25) is 5.02 Å². The first-order valence-corrected chi connectivity index (χ1v) is 7.37. The number of rotatable bonds is 3. The summed E-state index contributed by atoms with van der Waals surface area (Å²) in [6.07, 6.45) is 1.64. The lowest BCUT2D eigenvalue weighted by Crippen LogP contribution is -2.51. The van der Waals surface area contributed by atoms with E-state index < -0.39 is 5.72 Å². The molecule has 4 nitrogen and oxygen atoms in total. The van der Waals surface area contributed by atoms with Gasteiger partial charge in [0, 0.05) is 10.7 Å². The smallest absolute Gasteiger partial charge is 0.324 e. The molecule has 0 aromatic heterocycles. The van der Waals surface area contributed by atoms with Crippen LogP contribution in [0.3, 0.4) is 0 Å². The maximum absolute atomic E-state index is 12.5. The Hall–Kier alpha value is -1.26. The average Bonchev–Trinajstić information content (AvgIpc) is 2.79. The Balaban J connectivity index is 2.15. The first-order valence-electron chi connectivity index (χ1n) is 7.00. The predicted molar refractivity (Wildman–Crippen MR) is 81.0 cm³/mol. The first-order chi connectivity index (χ1) is 9.50. The second kappa shape index (κ2) is 6.02. The minimum Gasteiger partial charge on any atom is -0.354 e. The molecule has 2 unspecified atom stereocenters. The molecule has 1 aromatic carbocycles. The van der Waals surface area contributed by atoms with Crippen molar-refractivity contribution in [2.75, 3.05) is 11.9 Å². The van der Waals surface area contributed by atoms with E-state index in [-0.39, 0.29) is 12.1 Å². The van der Waals surface area contributed by atoms with Crippen molar-refractivity contribution in [1.82, 2.24) is 4.90 Å². The Morgan fingerprint density at radius 1 is 1.45 bits per heavy atom. The van der Waals surface area contributed by atoms with Crippen molar-refractivity contribution in [3.8, 4) is 0 Å². The Bertz CT molecular complexity index is 477. The van der Waals surface area contributed by atoms with Crippen LogP contribution in [0.15, 0.2) is 24.3 Å². The van der Waals surface area contributed by atoms with Crippen molar-refractivity contribution in [2.24, 2.45) is 0 Å². The third-order valence-corrected chi connectivity index (χ3v) is 4.15. The van der Waals surface area contributed by atoms with Gasteiger partial charge in [-0.15, -0.1) is 0 Å². The summed E-state index contributed by atoms with van der Waals surface area (Å²) in [5, 5.41) is 3.56. The summed E-state index contributed by atoms with van der Waals surface area (Å²) in [6, 6.07) is 7.10. The first kappa shape index (κ1) is 15.1. The normalized spacial score (nSPS) is 25.8. The zero-order chi connectivity index (χ0) is 14.8. The Morgan fingerprint density at radius 3 is 2.65 bits per heavy atom. The van der Waals surface area contributed by atoms with E-state index in [0.29, 0.717) is 11.6 Å². The van der Waals surface area contributed by atoms with Crippen LogP contribution in [0.5, 0.6) is 0 Å². The minimum absolute atomic E-state index is 0.118. The fraction of sp³-hybridized carbons (Fsp3) is 0.533. The van der Waals surface area contributed by atoms with Crippen molar-refractivity contribution in [3.63, 3.8) is 0 Å². The van der Waals surface area contributed by atoms with Gasteiger partial charge >= 0.3 is 6.03 Å². The van der Waals surface area contributed by atoms with E-state index in [1.165, 1.54) is 0 Å². The number of hydrogen-bond donors (Lipinski definition) is 1. The molecule has 2 rings (SSSR count). The summed E-state index contributed by atoms with van der Waals surface area (Å²) in [6.45, 7) is 6.65. The minimum atomic E-state index is -0.531. The van der Waals surface area contributed by atoms with Gasteiger partial charge in [-0.3, -0.25) is 4.90 Å². The average molecular weight is 297 g/mol. The van der Waals surface area contributed by atoms with Crippen LogP contribution < -0.4 is 5.32 Å². The van der Waals surface area contributed by atoms with Crippen molar-refractivity contribution in [3.05, 3.63) is 29.3 Å². The molecular weight excluding hydrogens is 276 g/mol. The summed E-state index contributed by atoms with van der Waals surface area (Å²) in [5.74, 6) is 0. The Morgan fingerprint density at radius 2 is 2.10 bits per heavy atom. The van der Waals surface area contributed by atoms with Crippen LogP contribution in [0.4, 0.5) is 10.5 Å². The molecule has 1 aromatic rings. The van der Waals surface area contributed by atoms with E-state index >= 15 is 0 Å². The molecule has 1 aliphatic rings. The van der Waals surface area contributed by atoms with Gasteiger partial charge in [0.2, 0.25) is 0 Å². The van der Waals surface area contributed by atoms with Gasteiger partial charge in [-0.1, -0.05) is 25.4 Å². The molecular formula is C15H21ClN2O2. The van der Waals surface area contributed by atoms with Gasteiger partial charge in [-0.25, -0.2) is 4.79 Å². The predicted octanol–water partition coefficient (Wildman–Crippen LogP) is 4.11. The van der Waals surface area contributed by atoms with E-state index in [4.69, 9.17) is 16.3 Å². The second-order valence-corrected chi connectivity index (χ2v) is 5.65. The molecule has 20 heavy (non-hydrogen) atoms. The third-order valence-electron chi connectivity index (χ3n) is 3.90. The number of carbonyl (C=O) groups is 1. The maximum Gasteiger partial charge on any atom is 0.324 e. The number of urea groups is 1. The van der Waals surface area contributed by atoms with Gasteiger partial charge in [-0.2, -0.15) is 0 Å². The lowest BCUT2D eigenvalue weighted by molar-refractivity contribution is -0.0494. The standard InChI is InChI=1S/C15H21ClN2O2/c1-4-13-10-20-15(3,5-2)18(13)14(19)17-12-8-6-11(16)7-9-12/h6-9,13H,4-5,10H2,1-3H3,(H,17,19). The van der Waals surface area contributed by atoms with E-state index in [1.54, 1.807) is 24.3 Å². The zero-order valence-corrected chi connectivity index (χ0v) is 12.9. The maximum atomic E-state index is 12.5. The molecule has 1 heterocycles. The highest BCUT2D eigenvalue weighted by atomic mass is 35.5. The summed E-state index contributed by atoms with van der Waals surface area (Å²) < 4.78 is 5.83. The van der Waals surface area contributed by atoms with E-state index in [2.05, 4.69) is 12.2 Å². The number of ether oxygens (including phenoxy) is 1. The molecule has 2 amide bonds. The SMILES string of the molecule is CCC1COC(C)(CC)N1C(=O)Nc1ccc(Cl)cc1. The molecule has 2 atom stereocenters. The van der Waals surface area contributed by atoms with Crippen molar-refractivity contribution < 1.29 is 9.53 Å². The lowest BCUT2D eigenvalue weighted by atomic mass is 10.1. The Kier molecular flexibility index (Phi) is 4.55. The largest absolute Gasteiger partial charge is 0.354 e. The molecule has 0 saturated carbocycles. The number of halogens is 1. The number of nitrogens with one attached hydrogen (secondary N) is 1. The van der Waals surface area contributed by atoms with E-state index in [9.17, 15) is 4.79 Å². The summed E-state index contributed by atoms with van der Waals surface area (Å²) >= 11 is 5.85.